The van der Waals surface area contributed by atoms with Crippen LogP contribution in [-0.2, 0) is 16.1 Å². The van der Waals surface area contributed by atoms with E-state index in [4.69, 9.17) is 0 Å². The van der Waals surface area contributed by atoms with Gasteiger partial charge in [-0.05, 0) is 25.0 Å². The van der Waals surface area contributed by atoms with Crippen LogP contribution in [0.25, 0.3) is 10.9 Å². The normalized spacial score (nSPS) is 17.5. The van der Waals surface area contributed by atoms with Crippen LogP contribution in [0.15, 0.2) is 29.1 Å². The maximum absolute atomic E-state index is 12.6. The summed E-state index contributed by atoms with van der Waals surface area (Å²) >= 11 is 0. The zero-order valence-corrected chi connectivity index (χ0v) is 15.0. The number of rotatable bonds is 4. The first-order chi connectivity index (χ1) is 12.5. The first-order valence-corrected chi connectivity index (χ1v) is 8.86. The van der Waals surface area contributed by atoms with Crippen LogP contribution in [0.1, 0.15) is 26.7 Å². The zero-order valence-electron chi connectivity index (χ0n) is 15.0. The number of hydrogen-bond donors (Lipinski definition) is 1. The highest BCUT2D eigenvalue weighted by Crippen LogP contribution is 2.12. The number of likely N-dealkylation sites (tertiary alicyclic amines) is 1. The van der Waals surface area contributed by atoms with Gasteiger partial charge in [-0.15, -0.1) is 5.10 Å². The monoisotopic (exact) mass is 357 g/mol. The van der Waals surface area contributed by atoms with E-state index in [9.17, 15) is 14.4 Å². The number of amides is 2. The average molecular weight is 357 g/mol. The van der Waals surface area contributed by atoms with Gasteiger partial charge >= 0.3 is 0 Å². The van der Waals surface area contributed by atoms with Crippen molar-refractivity contribution < 1.29 is 9.59 Å². The van der Waals surface area contributed by atoms with E-state index in [0.29, 0.717) is 24.0 Å². The van der Waals surface area contributed by atoms with Crippen LogP contribution in [0, 0.1) is 5.92 Å². The van der Waals surface area contributed by atoms with Crippen molar-refractivity contribution >= 4 is 22.7 Å². The van der Waals surface area contributed by atoms with E-state index in [2.05, 4.69) is 15.6 Å². The fraction of sp³-hybridized carbons (Fsp3) is 0.500. The quantitative estimate of drug-likeness (QED) is 0.862. The second-order valence-electron chi connectivity index (χ2n) is 6.91. The van der Waals surface area contributed by atoms with Crippen molar-refractivity contribution in [2.45, 2.75) is 39.3 Å². The summed E-state index contributed by atoms with van der Waals surface area (Å²) in [6.07, 6.45) is 1.66. The number of fused-ring (bicyclic) bond motifs is 1. The molecule has 8 nitrogen and oxygen atoms in total. The number of carbonyl (C=O) groups is 2. The Bertz CT molecular complexity index is 877. The molecule has 26 heavy (non-hydrogen) atoms. The summed E-state index contributed by atoms with van der Waals surface area (Å²) in [6, 6.07) is 6.87. The summed E-state index contributed by atoms with van der Waals surface area (Å²) < 4.78 is 1.10. The van der Waals surface area contributed by atoms with Crippen LogP contribution in [0.2, 0.25) is 0 Å². The Labute approximate surface area is 151 Å². The van der Waals surface area contributed by atoms with Crippen molar-refractivity contribution in [1.82, 2.24) is 25.2 Å². The average Bonchev–Trinajstić information content (AvgIpc) is 2.64. The fourth-order valence-electron chi connectivity index (χ4n) is 3.04. The summed E-state index contributed by atoms with van der Waals surface area (Å²) in [4.78, 5) is 38.6. The molecule has 8 heteroatoms. The van der Waals surface area contributed by atoms with Gasteiger partial charge in [-0.3, -0.25) is 14.4 Å². The van der Waals surface area contributed by atoms with E-state index < -0.39 is 0 Å². The highest BCUT2D eigenvalue weighted by atomic mass is 16.2. The maximum atomic E-state index is 12.6. The van der Waals surface area contributed by atoms with Crippen LogP contribution in [-0.4, -0.2) is 50.8 Å². The molecule has 1 aromatic carbocycles. The van der Waals surface area contributed by atoms with Crippen molar-refractivity contribution in [3.8, 4) is 0 Å². The number of nitrogens with zero attached hydrogens (tertiary/aromatic N) is 4. The highest BCUT2D eigenvalue weighted by molar-refractivity contribution is 5.79. The molecule has 0 spiro atoms. The molecule has 1 aromatic heterocycles. The van der Waals surface area contributed by atoms with Gasteiger partial charge in [0, 0.05) is 25.0 Å². The molecule has 138 valence electrons. The van der Waals surface area contributed by atoms with Crippen LogP contribution in [0.3, 0.4) is 0 Å². The third-order valence-electron chi connectivity index (χ3n) is 4.56. The summed E-state index contributed by atoms with van der Waals surface area (Å²) in [6.45, 7) is 4.59. The molecule has 0 saturated carbocycles. The van der Waals surface area contributed by atoms with E-state index in [1.807, 2.05) is 13.8 Å². The van der Waals surface area contributed by atoms with E-state index in [1.165, 1.54) is 0 Å². The molecule has 3 rings (SSSR count). The molecule has 0 bridgehead atoms. The summed E-state index contributed by atoms with van der Waals surface area (Å²) in [7, 11) is 0. The minimum Gasteiger partial charge on any atom is -0.351 e. The van der Waals surface area contributed by atoms with Gasteiger partial charge in [-0.1, -0.05) is 31.2 Å². The maximum Gasteiger partial charge on any atom is 0.278 e. The Hall–Kier alpha value is -2.77. The molecule has 1 aliphatic heterocycles. The number of nitrogens with one attached hydrogen (secondary N) is 1. The van der Waals surface area contributed by atoms with E-state index in [1.54, 1.807) is 29.2 Å². The van der Waals surface area contributed by atoms with Crippen molar-refractivity contribution in [2.24, 2.45) is 5.92 Å². The predicted octanol–water partition coefficient (Wildman–Crippen LogP) is 0.555. The van der Waals surface area contributed by atoms with Crippen LogP contribution in [0.4, 0.5) is 0 Å². The third kappa shape index (κ3) is 3.89. The molecule has 1 N–H and O–H groups in total. The molecule has 2 aromatic rings. The molecule has 0 aliphatic carbocycles. The molecule has 1 fully saturated rings. The van der Waals surface area contributed by atoms with Crippen molar-refractivity contribution in [1.29, 1.82) is 0 Å². The van der Waals surface area contributed by atoms with Gasteiger partial charge in [0.2, 0.25) is 11.8 Å². The lowest BCUT2D eigenvalue weighted by molar-refractivity contribution is -0.134. The van der Waals surface area contributed by atoms with E-state index in [0.717, 1.165) is 17.5 Å². The molecule has 0 radical (unpaired) electrons. The molecular formula is C18H23N5O3. The lowest BCUT2D eigenvalue weighted by Gasteiger charge is -2.33. The Morgan fingerprint density at radius 2 is 2.08 bits per heavy atom. The van der Waals surface area contributed by atoms with E-state index >= 15 is 0 Å². The Morgan fingerprint density at radius 1 is 1.31 bits per heavy atom. The third-order valence-corrected chi connectivity index (χ3v) is 4.56. The number of benzene rings is 1. The first-order valence-electron chi connectivity index (χ1n) is 8.86. The van der Waals surface area contributed by atoms with Gasteiger partial charge in [0.25, 0.3) is 5.56 Å². The topological polar surface area (TPSA) is 97.2 Å². The molecule has 1 saturated heterocycles. The number of hydrogen-bond acceptors (Lipinski definition) is 5. The van der Waals surface area contributed by atoms with Crippen molar-refractivity contribution in [3.63, 3.8) is 0 Å². The van der Waals surface area contributed by atoms with Gasteiger partial charge in [-0.2, -0.15) is 0 Å². The molecule has 1 atom stereocenters. The second-order valence-corrected chi connectivity index (χ2v) is 6.91. The molecule has 2 heterocycles. The van der Waals surface area contributed by atoms with Gasteiger partial charge in [-0.25, -0.2) is 4.68 Å². The van der Waals surface area contributed by atoms with Gasteiger partial charge < -0.3 is 10.2 Å². The number of carbonyl (C=O) groups excluding carboxylic acids is 2. The lowest BCUT2D eigenvalue weighted by Crippen LogP contribution is -2.51. The fourth-order valence-corrected chi connectivity index (χ4v) is 3.04. The standard InChI is InChI=1S/C18H23N5O3/c1-12(2)17(25)19-13-6-5-9-22(10-13)16(24)11-23-18(26)14-7-3-4-8-15(14)20-21-23/h3-4,7-8,12-13H,5-6,9-11H2,1-2H3,(H,19,25). The smallest absolute Gasteiger partial charge is 0.278 e. The zero-order chi connectivity index (χ0) is 18.7. The minimum atomic E-state index is -0.328. The number of piperidine rings is 1. The molecule has 1 aliphatic rings. The summed E-state index contributed by atoms with van der Waals surface area (Å²) in [5.41, 5.74) is 0.182. The molecule has 1 unspecified atom stereocenters. The second kappa shape index (κ2) is 7.63. The Balaban J connectivity index is 1.69. The Kier molecular flexibility index (Phi) is 5.29. The molecular weight excluding hydrogens is 334 g/mol. The highest BCUT2D eigenvalue weighted by Gasteiger charge is 2.26. The van der Waals surface area contributed by atoms with Gasteiger partial charge in [0.05, 0.1) is 5.39 Å². The largest absolute Gasteiger partial charge is 0.351 e. The lowest BCUT2D eigenvalue weighted by atomic mass is 10.0. The number of aromatic nitrogens is 3. The summed E-state index contributed by atoms with van der Waals surface area (Å²) in [5.74, 6) is -0.298. The molecule has 2 amide bonds. The van der Waals surface area contributed by atoms with Crippen LogP contribution < -0.4 is 10.9 Å². The van der Waals surface area contributed by atoms with Gasteiger partial charge in [0.1, 0.15) is 12.1 Å². The van der Waals surface area contributed by atoms with Crippen LogP contribution in [0.5, 0.6) is 0 Å². The van der Waals surface area contributed by atoms with Crippen molar-refractivity contribution in [3.05, 3.63) is 34.6 Å². The van der Waals surface area contributed by atoms with Gasteiger partial charge in [0.15, 0.2) is 0 Å². The van der Waals surface area contributed by atoms with E-state index in [-0.39, 0.29) is 35.9 Å². The van der Waals surface area contributed by atoms with Crippen molar-refractivity contribution in [2.75, 3.05) is 13.1 Å². The Morgan fingerprint density at radius 3 is 2.85 bits per heavy atom. The minimum absolute atomic E-state index is 0.0130. The van der Waals surface area contributed by atoms with Crippen LogP contribution >= 0.6 is 0 Å². The predicted molar refractivity (Wildman–Crippen MR) is 96.4 cm³/mol. The summed E-state index contributed by atoms with van der Waals surface area (Å²) in [5, 5.41) is 11.3. The SMILES string of the molecule is CC(C)C(=O)NC1CCCN(C(=O)Cn2nnc3ccccc3c2=O)C1. The first kappa shape index (κ1) is 18.0.